The average Bonchev–Trinajstić information content (AvgIpc) is 3.08. The summed E-state index contributed by atoms with van der Waals surface area (Å²) in [6.45, 7) is 4.93. The van der Waals surface area contributed by atoms with Gasteiger partial charge in [0.05, 0.1) is 5.25 Å². The van der Waals surface area contributed by atoms with E-state index >= 15 is 0 Å². The normalized spacial score (nSPS) is 30.4. The molecule has 1 amide bonds. The van der Waals surface area contributed by atoms with Gasteiger partial charge in [0.1, 0.15) is 5.82 Å². The molecular formula is C24H32N4OS. The summed E-state index contributed by atoms with van der Waals surface area (Å²) in [6, 6.07) is 10.4. The molecule has 0 spiro atoms. The van der Waals surface area contributed by atoms with Crippen LogP contribution in [0.5, 0.6) is 0 Å². The van der Waals surface area contributed by atoms with Gasteiger partial charge in [0.25, 0.3) is 0 Å². The second kappa shape index (κ2) is 8.03. The molecule has 0 radical (unpaired) electrons. The van der Waals surface area contributed by atoms with Crippen LogP contribution in [0.25, 0.3) is 0 Å². The van der Waals surface area contributed by atoms with Gasteiger partial charge in [-0.05, 0) is 75.7 Å². The fourth-order valence-corrected chi connectivity index (χ4v) is 7.40. The first kappa shape index (κ1) is 20.1. The van der Waals surface area contributed by atoms with E-state index in [0.717, 1.165) is 41.7 Å². The maximum Gasteiger partial charge on any atom is 0.233 e. The molecule has 4 aliphatic rings. The predicted octanol–water partition coefficient (Wildman–Crippen LogP) is 4.45. The number of carbonyl (C=O) groups is 1. The summed E-state index contributed by atoms with van der Waals surface area (Å²) in [4.78, 5) is 13.1. The third-order valence-electron chi connectivity index (χ3n) is 7.39. The first-order valence-electron chi connectivity index (χ1n) is 11.5. The molecule has 0 saturated heterocycles. The Morgan fingerprint density at radius 2 is 1.77 bits per heavy atom. The number of amides is 1. The molecule has 4 aliphatic carbocycles. The molecule has 4 bridgehead atoms. The molecule has 4 fully saturated rings. The molecule has 160 valence electrons. The Labute approximate surface area is 183 Å². The molecular weight excluding hydrogens is 392 g/mol. The van der Waals surface area contributed by atoms with Crippen molar-refractivity contribution in [2.75, 3.05) is 0 Å². The summed E-state index contributed by atoms with van der Waals surface area (Å²) in [5.41, 5.74) is 1.29. The summed E-state index contributed by atoms with van der Waals surface area (Å²) in [5, 5.41) is 13.0. The predicted molar refractivity (Wildman–Crippen MR) is 119 cm³/mol. The zero-order chi connectivity index (χ0) is 20.7. The highest BCUT2D eigenvalue weighted by molar-refractivity contribution is 8.00. The first-order valence-corrected chi connectivity index (χ1v) is 12.4. The van der Waals surface area contributed by atoms with Gasteiger partial charge in [-0.2, -0.15) is 0 Å². The summed E-state index contributed by atoms with van der Waals surface area (Å²) in [7, 11) is 0. The van der Waals surface area contributed by atoms with Crippen molar-refractivity contribution in [3.05, 3.63) is 41.7 Å². The lowest BCUT2D eigenvalue weighted by atomic mass is 9.53. The number of hydrogen-bond acceptors (Lipinski definition) is 4. The van der Waals surface area contributed by atoms with Gasteiger partial charge < -0.3 is 9.88 Å². The Balaban J connectivity index is 1.25. The van der Waals surface area contributed by atoms with Gasteiger partial charge in [0.15, 0.2) is 5.16 Å². The number of nitrogens with zero attached hydrogens (tertiary/aromatic N) is 3. The van der Waals surface area contributed by atoms with E-state index in [-0.39, 0.29) is 16.7 Å². The van der Waals surface area contributed by atoms with Crippen molar-refractivity contribution in [2.45, 2.75) is 81.3 Å². The van der Waals surface area contributed by atoms with Crippen molar-refractivity contribution in [3.8, 4) is 0 Å². The zero-order valence-electron chi connectivity index (χ0n) is 18.0. The smallest absolute Gasteiger partial charge is 0.233 e. The number of benzene rings is 1. The van der Waals surface area contributed by atoms with Gasteiger partial charge in [-0.25, -0.2) is 0 Å². The monoisotopic (exact) mass is 424 g/mol. The van der Waals surface area contributed by atoms with Crippen LogP contribution in [0.1, 0.15) is 63.8 Å². The lowest BCUT2D eigenvalue weighted by Gasteiger charge is -2.57. The molecule has 1 atom stereocenters. The van der Waals surface area contributed by atoms with Crippen molar-refractivity contribution >= 4 is 17.7 Å². The molecule has 5 nitrogen and oxygen atoms in total. The third kappa shape index (κ3) is 3.91. The van der Waals surface area contributed by atoms with E-state index < -0.39 is 0 Å². The minimum absolute atomic E-state index is 0.0670. The molecule has 1 aromatic heterocycles. The van der Waals surface area contributed by atoms with Crippen LogP contribution in [0.3, 0.4) is 0 Å². The van der Waals surface area contributed by atoms with E-state index in [1.165, 1.54) is 44.1 Å². The number of rotatable bonds is 7. The van der Waals surface area contributed by atoms with Crippen LogP contribution in [-0.2, 0) is 17.8 Å². The maximum absolute atomic E-state index is 13.1. The molecule has 2 aromatic rings. The Bertz CT molecular complexity index is 874. The minimum Gasteiger partial charge on any atom is -0.350 e. The average molecular weight is 425 g/mol. The van der Waals surface area contributed by atoms with Crippen LogP contribution >= 0.6 is 11.8 Å². The lowest BCUT2D eigenvalue weighted by Crippen LogP contribution is -2.60. The first-order chi connectivity index (χ1) is 14.5. The molecule has 0 unspecified atom stereocenters. The Hall–Kier alpha value is -1.82. The second-order valence-corrected chi connectivity index (χ2v) is 11.1. The highest BCUT2D eigenvalue weighted by atomic mass is 32.2. The van der Waals surface area contributed by atoms with Gasteiger partial charge in [0, 0.05) is 18.5 Å². The number of thioether (sulfide) groups is 1. The van der Waals surface area contributed by atoms with Crippen LogP contribution in [0, 0.1) is 17.8 Å². The van der Waals surface area contributed by atoms with Crippen molar-refractivity contribution in [1.82, 2.24) is 20.1 Å². The van der Waals surface area contributed by atoms with Crippen LogP contribution in [0.2, 0.25) is 0 Å². The fraction of sp³-hybridized carbons (Fsp3) is 0.625. The van der Waals surface area contributed by atoms with Crippen LogP contribution < -0.4 is 5.32 Å². The third-order valence-corrected chi connectivity index (χ3v) is 8.47. The second-order valence-electron chi connectivity index (χ2n) is 9.75. The Morgan fingerprint density at radius 3 is 2.37 bits per heavy atom. The molecule has 1 heterocycles. The van der Waals surface area contributed by atoms with Crippen molar-refractivity contribution < 1.29 is 4.79 Å². The van der Waals surface area contributed by atoms with Crippen molar-refractivity contribution in [1.29, 1.82) is 0 Å². The highest BCUT2D eigenvalue weighted by Crippen LogP contribution is 2.55. The quantitative estimate of drug-likeness (QED) is 0.667. The zero-order valence-corrected chi connectivity index (χ0v) is 18.8. The fourth-order valence-electron chi connectivity index (χ4n) is 6.47. The largest absolute Gasteiger partial charge is 0.350 e. The SMILES string of the molecule is CCn1c(Cc2ccccc2)nnc1S[C@H](C)C(=O)NC12CC3CC(CC(C3)C1)C2. The summed E-state index contributed by atoms with van der Waals surface area (Å²) >= 11 is 1.54. The number of nitrogens with one attached hydrogen (secondary N) is 1. The topological polar surface area (TPSA) is 59.8 Å². The summed E-state index contributed by atoms with van der Waals surface area (Å²) < 4.78 is 2.15. The van der Waals surface area contributed by atoms with Crippen LogP contribution in [0.15, 0.2) is 35.5 Å². The molecule has 30 heavy (non-hydrogen) atoms. The van der Waals surface area contributed by atoms with E-state index in [2.05, 4.69) is 51.3 Å². The van der Waals surface area contributed by atoms with Gasteiger partial charge in [-0.15, -0.1) is 10.2 Å². The standard InChI is InChI=1S/C24H32N4OS/c1-3-28-21(12-17-7-5-4-6-8-17)26-27-23(28)30-16(2)22(29)25-24-13-18-9-19(14-24)11-20(10-18)15-24/h4-8,16,18-20H,3,9-15H2,1-2H3,(H,25,29)/t16-,18?,19?,20?,24?/m1/s1. The van der Waals surface area contributed by atoms with E-state index in [1.54, 1.807) is 11.8 Å². The van der Waals surface area contributed by atoms with Crippen LogP contribution in [0.4, 0.5) is 0 Å². The van der Waals surface area contributed by atoms with E-state index in [9.17, 15) is 4.79 Å². The number of hydrogen-bond donors (Lipinski definition) is 1. The van der Waals surface area contributed by atoms with Gasteiger partial charge >= 0.3 is 0 Å². The van der Waals surface area contributed by atoms with E-state index in [4.69, 9.17) is 0 Å². The van der Waals surface area contributed by atoms with E-state index in [1.807, 2.05) is 13.0 Å². The van der Waals surface area contributed by atoms with Crippen molar-refractivity contribution in [2.24, 2.45) is 17.8 Å². The minimum atomic E-state index is -0.169. The summed E-state index contributed by atoms with van der Waals surface area (Å²) in [6.07, 6.45) is 8.50. The molecule has 4 saturated carbocycles. The van der Waals surface area contributed by atoms with Gasteiger partial charge in [-0.1, -0.05) is 42.1 Å². The Kier molecular flexibility index (Phi) is 5.38. The molecule has 0 aliphatic heterocycles. The van der Waals surface area contributed by atoms with E-state index in [0.29, 0.717) is 0 Å². The summed E-state index contributed by atoms with van der Waals surface area (Å²) in [5.74, 6) is 3.63. The van der Waals surface area contributed by atoms with Crippen LogP contribution in [-0.4, -0.2) is 31.5 Å². The highest BCUT2D eigenvalue weighted by Gasteiger charge is 2.51. The Morgan fingerprint density at radius 1 is 1.13 bits per heavy atom. The molecule has 6 heteroatoms. The van der Waals surface area contributed by atoms with Gasteiger partial charge in [-0.3, -0.25) is 4.79 Å². The molecule has 1 N–H and O–H groups in total. The van der Waals surface area contributed by atoms with Crippen molar-refractivity contribution in [3.63, 3.8) is 0 Å². The lowest BCUT2D eigenvalue weighted by molar-refractivity contribution is -0.126. The molecule has 1 aromatic carbocycles. The molecule has 6 rings (SSSR count). The maximum atomic E-state index is 13.1. The number of carbonyl (C=O) groups excluding carboxylic acids is 1. The van der Waals surface area contributed by atoms with Gasteiger partial charge in [0.2, 0.25) is 5.91 Å². The number of aromatic nitrogens is 3.